The first-order chi connectivity index (χ1) is 16.0. The molecule has 0 amide bonds. The van der Waals surface area contributed by atoms with E-state index >= 15 is 0 Å². The van der Waals surface area contributed by atoms with E-state index in [9.17, 15) is 4.79 Å². The summed E-state index contributed by atoms with van der Waals surface area (Å²) in [6, 6.07) is 17.7. The number of H-pyrrole nitrogens is 1. The Morgan fingerprint density at radius 2 is 1.82 bits per heavy atom. The van der Waals surface area contributed by atoms with Crippen molar-refractivity contribution in [3.8, 4) is 22.8 Å². The lowest BCUT2D eigenvalue weighted by molar-refractivity contribution is 0.414. The van der Waals surface area contributed by atoms with Crippen molar-refractivity contribution in [1.29, 1.82) is 0 Å². The predicted molar refractivity (Wildman–Crippen MR) is 133 cm³/mol. The van der Waals surface area contributed by atoms with Gasteiger partial charge in [-0.2, -0.15) is 0 Å². The summed E-state index contributed by atoms with van der Waals surface area (Å²) in [4.78, 5) is 22.1. The molecule has 0 aliphatic heterocycles. The summed E-state index contributed by atoms with van der Waals surface area (Å²) >= 11 is 3.03. The van der Waals surface area contributed by atoms with Gasteiger partial charge in [0.2, 0.25) is 0 Å². The molecule has 33 heavy (non-hydrogen) atoms. The van der Waals surface area contributed by atoms with Crippen molar-refractivity contribution < 1.29 is 4.74 Å². The third kappa shape index (κ3) is 4.05. The van der Waals surface area contributed by atoms with Crippen LogP contribution in [0.4, 0.5) is 0 Å². The number of thiophene rings is 1. The number of rotatable bonds is 6. The molecule has 1 N–H and O–H groups in total. The molecule has 3 aromatic heterocycles. The van der Waals surface area contributed by atoms with Gasteiger partial charge < -0.3 is 9.72 Å². The average Bonchev–Trinajstić information content (AvgIpc) is 3.39. The number of nitrogens with one attached hydrogen (secondary N) is 1. The van der Waals surface area contributed by atoms with Crippen LogP contribution in [0, 0.1) is 13.8 Å². The van der Waals surface area contributed by atoms with E-state index in [2.05, 4.69) is 15.2 Å². The molecule has 3 heterocycles. The summed E-state index contributed by atoms with van der Waals surface area (Å²) < 4.78 is 7.32. The Hall–Kier alpha value is -3.43. The number of fused-ring (bicyclic) bond motifs is 1. The van der Waals surface area contributed by atoms with Gasteiger partial charge in [0.05, 0.1) is 18.2 Å². The molecule has 0 radical (unpaired) electrons. The van der Waals surface area contributed by atoms with E-state index < -0.39 is 0 Å². The van der Waals surface area contributed by atoms with Crippen molar-refractivity contribution in [3.05, 3.63) is 81.2 Å². The highest BCUT2D eigenvalue weighted by Gasteiger charge is 2.18. The van der Waals surface area contributed by atoms with Gasteiger partial charge in [-0.3, -0.25) is 9.36 Å². The lowest BCUT2D eigenvalue weighted by Gasteiger charge is -2.11. The van der Waals surface area contributed by atoms with Gasteiger partial charge in [-0.25, -0.2) is 4.98 Å². The van der Waals surface area contributed by atoms with Gasteiger partial charge in [0.15, 0.2) is 11.0 Å². The molecule has 0 spiro atoms. The van der Waals surface area contributed by atoms with Gasteiger partial charge in [-0.15, -0.1) is 21.5 Å². The van der Waals surface area contributed by atoms with Crippen LogP contribution in [0.1, 0.15) is 16.3 Å². The third-order valence-corrected chi connectivity index (χ3v) is 7.46. The zero-order chi connectivity index (χ0) is 22.9. The topological polar surface area (TPSA) is 85.7 Å². The summed E-state index contributed by atoms with van der Waals surface area (Å²) in [6.45, 7) is 3.97. The maximum Gasteiger partial charge on any atom is 0.259 e. The smallest absolute Gasteiger partial charge is 0.259 e. The molecule has 0 fully saturated rings. The van der Waals surface area contributed by atoms with E-state index in [-0.39, 0.29) is 5.56 Å². The number of aromatic amines is 1. The summed E-state index contributed by atoms with van der Waals surface area (Å²) in [7, 11) is 1.64. The number of benzene rings is 2. The van der Waals surface area contributed by atoms with Crippen LogP contribution < -0.4 is 10.3 Å². The summed E-state index contributed by atoms with van der Waals surface area (Å²) in [5, 5.41) is 10.3. The number of methoxy groups -OCH3 is 1. The van der Waals surface area contributed by atoms with Crippen molar-refractivity contribution in [2.24, 2.45) is 0 Å². The second-order valence-electron chi connectivity index (χ2n) is 7.47. The average molecular weight is 476 g/mol. The number of hydrogen-bond acceptors (Lipinski definition) is 7. The Bertz CT molecular complexity index is 1490. The molecule has 0 atom stereocenters. The first kappa shape index (κ1) is 21.4. The molecule has 9 heteroatoms. The van der Waals surface area contributed by atoms with E-state index in [0.29, 0.717) is 22.1 Å². The van der Waals surface area contributed by atoms with E-state index in [0.717, 1.165) is 38.1 Å². The lowest BCUT2D eigenvalue weighted by atomic mass is 10.2. The monoisotopic (exact) mass is 475 g/mol. The van der Waals surface area contributed by atoms with Crippen molar-refractivity contribution in [1.82, 2.24) is 24.7 Å². The highest BCUT2D eigenvalue weighted by molar-refractivity contribution is 7.98. The van der Waals surface area contributed by atoms with Crippen molar-refractivity contribution in [3.63, 3.8) is 0 Å². The first-order valence-corrected chi connectivity index (χ1v) is 12.1. The number of hydrogen-bond donors (Lipinski definition) is 1. The van der Waals surface area contributed by atoms with Gasteiger partial charge in [0, 0.05) is 16.1 Å². The number of ether oxygens (including phenoxy) is 1. The summed E-state index contributed by atoms with van der Waals surface area (Å²) in [5.74, 6) is 2.59. The molecule has 0 aliphatic carbocycles. The normalized spacial score (nSPS) is 11.2. The maximum atomic E-state index is 12.6. The molecule has 5 aromatic rings. The SMILES string of the molecule is COc1ccc(-n2c(SCc3nc4sc(C)c(C)c4c(=O)[nH]3)nnc2-c2ccccc2)cc1. The van der Waals surface area contributed by atoms with Crippen LogP contribution in [0.5, 0.6) is 5.75 Å². The fourth-order valence-electron chi connectivity index (χ4n) is 3.60. The van der Waals surface area contributed by atoms with Crippen LogP contribution in [0.15, 0.2) is 64.5 Å². The third-order valence-electron chi connectivity index (χ3n) is 5.42. The van der Waals surface area contributed by atoms with Gasteiger partial charge in [0.25, 0.3) is 5.56 Å². The molecule has 7 nitrogen and oxygen atoms in total. The van der Waals surface area contributed by atoms with Crippen molar-refractivity contribution >= 4 is 33.3 Å². The Morgan fingerprint density at radius 1 is 1.06 bits per heavy atom. The van der Waals surface area contributed by atoms with E-state index in [1.807, 2.05) is 73.0 Å². The highest BCUT2D eigenvalue weighted by atomic mass is 32.2. The Kier molecular flexibility index (Phi) is 5.74. The van der Waals surface area contributed by atoms with Crippen LogP contribution in [-0.2, 0) is 5.75 Å². The van der Waals surface area contributed by atoms with E-state index in [1.165, 1.54) is 11.8 Å². The predicted octanol–water partition coefficient (Wildman–Crippen LogP) is 5.15. The molecule has 2 aromatic carbocycles. The van der Waals surface area contributed by atoms with E-state index in [1.54, 1.807) is 18.4 Å². The molecule has 166 valence electrons. The minimum atomic E-state index is -0.0981. The van der Waals surface area contributed by atoms with Crippen LogP contribution in [0.25, 0.3) is 27.3 Å². The molecule has 0 saturated heterocycles. The zero-order valence-corrected chi connectivity index (χ0v) is 20.0. The molecule has 0 aliphatic rings. The number of aromatic nitrogens is 5. The molecule has 0 unspecified atom stereocenters. The molecular formula is C24H21N5O2S2. The highest BCUT2D eigenvalue weighted by Crippen LogP contribution is 2.31. The van der Waals surface area contributed by atoms with Crippen molar-refractivity contribution in [2.75, 3.05) is 7.11 Å². The molecule has 0 bridgehead atoms. The fraction of sp³-hybridized carbons (Fsp3) is 0.167. The van der Waals surface area contributed by atoms with Gasteiger partial charge in [0.1, 0.15) is 16.4 Å². The minimum absolute atomic E-state index is 0.0981. The summed E-state index contributed by atoms with van der Waals surface area (Å²) in [6.07, 6.45) is 0. The molecule has 5 rings (SSSR count). The minimum Gasteiger partial charge on any atom is -0.497 e. The quantitative estimate of drug-likeness (QED) is 0.342. The van der Waals surface area contributed by atoms with Gasteiger partial charge in [-0.05, 0) is 43.7 Å². The Labute approximate surface area is 198 Å². The number of nitrogens with zero attached hydrogens (tertiary/aromatic N) is 4. The summed E-state index contributed by atoms with van der Waals surface area (Å²) in [5.41, 5.74) is 2.78. The fourth-order valence-corrected chi connectivity index (χ4v) is 5.47. The second kappa shape index (κ2) is 8.84. The number of thioether (sulfide) groups is 1. The zero-order valence-electron chi connectivity index (χ0n) is 18.3. The van der Waals surface area contributed by atoms with Crippen LogP contribution in [-0.4, -0.2) is 31.8 Å². The second-order valence-corrected chi connectivity index (χ2v) is 9.62. The van der Waals surface area contributed by atoms with Gasteiger partial charge >= 0.3 is 0 Å². The molecular weight excluding hydrogens is 454 g/mol. The van der Waals surface area contributed by atoms with E-state index in [4.69, 9.17) is 9.72 Å². The van der Waals surface area contributed by atoms with Crippen LogP contribution in [0.3, 0.4) is 0 Å². The van der Waals surface area contributed by atoms with Crippen LogP contribution in [0.2, 0.25) is 0 Å². The Morgan fingerprint density at radius 3 is 2.55 bits per heavy atom. The Balaban J connectivity index is 1.52. The largest absolute Gasteiger partial charge is 0.497 e. The lowest BCUT2D eigenvalue weighted by Crippen LogP contribution is -2.11. The van der Waals surface area contributed by atoms with Crippen molar-refractivity contribution in [2.45, 2.75) is 24.8 Å². The maximum absolute atomic E-state index is 12.6. The standard InChI is InChI=1S/C24H21N5O2S2/c1-14-15(2)33-23-20(14)22(30)25-19(26-23)13-32-24-28-27-21(16-7-5-4-6-8-16)29(24)17-9-11-18(31-3)12-10-17/h4-12H,13H2,1-3H3,(H,25,26,30). The number of aryl methyl sites for hydroxylation is 2. The first-order valence-electron chi connectivity index (χ1n) is 10.3. The van der Waals surface area contributed by atoms with Crippen LogP contribution >= 0.6 is 23.1 Å². The van der Waals surface area contributed by atoms with Gasteiger partial charge in [-0.1, -0.05) is 42.1 Å². The molecule has 0 saturated carbocycles.